The van der Waals surface area contributed by atoms with E-state index >= 15 is 0 Å². The number of H-pyrrole nitrogens is 1. The van der Waals surface area contributed by atoms with Gasteiger partial charge in [0.1, 0.15) is 11.4 Å². The smallest absolute Gasteiger partial charge is 0.381 e. The van der Waals surface area contributed by atoms with Crippen LogP contribution in [0.1, 0.15) is 49.8 Å². The third-order valence-electron chi connectivity index (χ3n) is 7.84. The highest BCUT2D eigenvalue weighted by Crippen LogP contribution is 2.37. The Bertz CT molecular complexity index is 2010. The summed E-state index contributed by atoms with van der Waals surface area (Å²) < 4.78 is 48.1. The maximum absolute atomic E-state index is 14.2. The van der Waals surface area contributed by atoms with E-state index in [1.165, 1.54) is 12.1 Å². The lowest BCUT2D eigenvalue weighted by atomic mass is 9.93. The van der Waals surface area contributed by atoms with Crippen molar-refractivity contribution in [1.29, 1.82) is 0 Å². The fourth-order valence-electron chi connectivity index (χ4n) is 5.95. The Morgan fingerprint density at radius 1 is 1.12 bits per heavy atom. The number of unbranched alkanes of at least 4 members (excludes halogenated alkanes) is 1. The number of ether oxygens (including phenoxy) is 1. The van der Waals surface area contributed by atoms with Crippen molar-refractivity contribution in [3.8, 4) is 29.2 Å². The minimum atomic E-state index is -5.18. The molecule has 3 aromatic carbocycles. The SMILES string of the molecule is C#Cc1ccc2c(c1)[nH]c1c2c(=O)c2cc(CCCC)c(-c3cccc(OS(=O)(=O)F)c3)cc2n1C1CCOCC1. The predicted octanol–water partition coefficient (Wildman–Crippen LogP) is 6.57. The van der Waals surface area contributed by atoms with Gasteiger partial charge in [-0.15, -0.1) is 6.42 Å². The van der Waals surface area contributed by atoms with Gasteiger partial charge in [0.15, 0.2) is 5.43 Å². The summed E-state index contributed by atoms with van der Waals surface area (Å²) in [4.78, 5) is 17.7. The van der Waals surface area contributed by atoms with E-state index in [9.17, 15) is 17.1 Å². The van der Waals surface area contributed by atoms with Gasteiger partial charge in [0.25, 0.3) is 0 Å². The molecule has 5 aromatic rings. The van der Waals surface area contributed by atoms with E-state index in [1.807, 2.05) is 36.4 Å². The first-order valence-electron chi connectivity index (χ1n) is 13.7. The molecule has 0 saturated carbocycles. The number of rotatable bonds is 7. The molecule has 0 aliphatic carbocycles. The monoisotopic (exact) mass is 572 g/mol. The van der Waals surface area contributed by atoms with Crippen molar-refractivity contribution in [1.82, 2.24) is 9.55 Å². The van der Waals surface area contributed by atoms with Gasteiger partial charge in [0, 0.05) is 41.1 Å². The van der Waals surface area contributed by atoms with Crippen molar-refractivity contribution in [2.24, 2.45) is 0 Å². The normalized spacial score (nSPS) is 14.6. The van der Waals surface area contributed by atoms with Crippen molar-refractivity contribution < 1.29 is 21.2 Å². The summed E-state index contributed by atoms with van der Waals surface area (Å²) in [6, 6.07) is 16.0. The Labute approximate surface area is 237 Å². The molecule has 7 nitrogen and oxygen atoms in total. The zero-order valence-corrected chi connectivity index (χ0v) is 23.4. The van der Waals surface area contributed by atoms with Crippen LogP contribution in [0.3, 0.4) is 0 Å². The molecule has 1 N–H and O–H groups in total. The molecule has 9 heteroatoms. The van der Waals surface area contributed by atoms with E-state index in [0.29, 0.717) is 36.0 Å². The van der Waals surface area contributed by atoms with Gasteiger partial charge in [-0.2, -0.15) is 8.42 Å². The number of halogens is 1. The second-order valence-corrected chi connectivity index (χ2v) is 11.4. The van der Waals surface area contributed by atoms with Gasteiger partial charge in [-0.05, 0) is 78.8 Å². The Balaban J connectivity index is 1.69. The number of aromatic amines is 1. The van der Waals surface area contributed by atoms with E-state index in [-0.39, 0.29) is 17.2 Å². The average molecular weight is 573 g/mol. The molecular weight excluding hydrogens is 543 g/mol. The Kier molecular flexibility index (Phi) is 7.06. The van der Waals surface area contributed by atoms with Crippen molar-refractivity contribution in [3.63, 3.8) is 0 Å². The number of pyridine rings is 1. The highest BCUT2D eigenvalue weighted by Gasteiger charge is 2.25. The van der Waals surface area contributed by atoms with Gasteiger partial charge in [-0.25, -0.2) is 0 Å². The van der Waals surface area contributed by atoms with Gasteiger partial charge < -0.3 is 18.5 Å². The maximum Gasteiger partial charge on any atom is 0.488 e. The molecule has 1 aliphatic heterocycles. The van der Waals surface area contributed by atoms with E-state index in [1.54, 1.807) is 6.07 Å². The lowest BCUT2D eigenvalue weighted by Gasteiger charge is -2.28. The van der Waals surface area contributed by atoms with Crippen LogP contribution in [0.25, 0.3) is 44.0 Å². The number of nitrogens with one attached hydrogen (secondary N) is 1. The minimum absolute atomic E-state index is 0.0667. The van der Waals surface area contributed by atoms with E-state index in [0.717, 1.165) is 64.4 Å². The number of aryl methyl sites for hydroxylation is 1. The van der Waals surface area contributed by atoms with Crippen LogP contribution in [-0.4, -0.2) is 31.2 Å². The standard InChI is InChI=1S/C32H29FN2O5S/c1-3-5-7-22-18-27-29(19-26(22)21-8-6-9-24(17-21)40-41(33,37)38)35(23-12-14-39-15-13-23)32-30(31(27)36)25-11-10-20(4-2)16-28(25)34-32/h2,6,8-11,16-19,23,34H,3,5,7,12-15H2,1H3. The van der Waals surface area contributed by atoms with Crippen molar-refractivity contribution in [2.75, 3.05) is 13.2 Å². The summed E-state index contributed by atoms with van der Waals surface area (Å²) >= 11 is 0. The predicted molar refractivity (Wildman–Crippen MR) is 159 cm³/mol. The number of hydrogen-bond acceptors (Lipinski definition) is 5. The van der Waals surface area contributed by atoms with Crippen molar-refractivity contribution >= 4 is 43.3 Å². The van der Waals surface area contributed by atoms with Gasteiger partial charge in [0.2, 0.25) is 0 Å². The first-order valence-corrected chi connectivity index (χ1v) is 15.0. The number of terminal acetylenes is 1. The zero-order valence-electron chi connectivity index (χ0n) is 22.6. The molecule has 210 valence electrons. The van der Waals surface area contributed by atoms with Gasteiger partial charge >= 0.3 is 10.5 Å². The fraction of sp³-hybridized carbons (Fsp3) is 0.281. The highest BCUT2D eigenvalue weighted by molar-refractivity contribution is 7.81. The number of nitrogens with zero attached hydrogens (tertiary/aromatic N) is 1. The number of aromatic nitrogens is 2. The average Bonchev–Trinajstić information content (AvgIpc) is 3.34. The molecule has 1 fully saturated rings. The quantitative estimate of drug-likeness (QED) is 0.176. The zero-order chi connectivity index (χ0) is 28.7. The Morgan fingerprint density at radius 2 is 1.93 bits per heavy atom. The molecule has 0 spiro atoms. The number of fused-ring (bicyclic) bond motifs is 4. The maximum atomic E-state index is 14.2. The molecule has 0 bridgehead atoms. The van der Waals surface area contributed by atoms with Crippen molar-refractivity contribution in [3.05, 3.63) is 75.9 Å². The molecule has 0 amide bonds. The van der Waals surface area contributed by atoms with Crippen LogP contribution in [0.4, 0.5) is 3.89 Å². The van der Waals surface area contributed by atoms with Gasteiger partial charge in [-0.3, -0.25) is 4.79 Å². The fourth-order valence-corrected chi connectivity index (χ4v) is 6.28. The van der Waals surface area contributed by atoms with Crippen molar-refractivity contribution in [2.45, 2.75) is 45.1 Å². The number of benzene rings is 3. The molecule has 2 aromatic heterocycles. The van der Waals surface area contributed by atoms with E-state index in [2.05, 4.69) is 26.6 Å². The third kappa shape index (κ3) is 5.09. The summed E-state index contributed by atoms with van der Waals surface area (Å²) in [7, 11) is -5.18. The molecule has 0 atom stereocenters. The summed E-state index contributed by atoms with van der Waals surface area (Å²) in [6.45, 7) is 3.32. The van der Waals surface area contributed by atoms with Crippen LogP contribution in [-0.2, 0) is 21.7 Å². The Morgan fingerprint density at radius 3 is 2.66 bits per heavy atom. The molecule has 6 rings (SSSR count). The van der Waals surface area contributed by atoms with Crippen LogP contribution in [0, 0.1) is 12.3 Å². The van der Waals surface area contributed by atoms with Crippen LogP contribution < -0.4 is 9.61 Å². The number of hydrogen-bond donors (Lipinski definition) is 1. The van der Waals surface area contributed by atoms with E-state index < -0.39 is 10.5 Å². The van der Waals surface area contributed by atoms with Crippen LogP contribution in [0.15, 0.2) is 59.4 Å². The molecule has 1 saturated heterocycles. The largest absolute Gasteiger partial charge is 0.488 e. The first-order chi connectivity index (χ1) is 19.8. The van der Waals surface area contributed by atoms with Crippen LogP contribution in [0.5, 0.6) is 5.75 Å². The molecule has 3 heterocycles. The van der Waals surface area contributed by atoms with E-state index in [4.69, 9.17) is 11.2 Å². The lowest BCUT2D eigenvalue weighted by molar-refractivity contribution is 0.0715. The summed E-state index contributed by atoms with van der Waals surface area (Å²) in [5.74, 6) is 2.55. The molecule has 1 aliphatic rings. The summed E-state index contributed by atoms with van der Waals surface area (Å²) in [5, 5.41) is 2.06. The summed E-state index contributed by atoms with van der Waals surface area (Å²) in [6.07, 6.45) is 9.77. The highest BCUT2D eigenvalue weighted by atomic mass is 32.3. The molecule has 0 radical (unpaired) electrons. The first kappa shape index (κ1) is 27.1. The molecule has 0 unspecified atom stereocenters. The minimum Gasteiger partial charge on any atom is -0.381 e. The van der Waals surface area contributed by atoms with Crippen LogP contribution in [0.2, 0.25) is 0 Å². The second-order valence-electron chi connectivity index (χ2n) is 10.4. The topological polar surface area (TPSA) is 90.4 Å². The molecule has 41 heavy (non-hydrogen) atoms. The second kappa shape index (κ2) is 10.7. The third-order valence-corrected chi connectivity index (χ3v) is 8.23. The molecular formula is C32H29FN2O5S. The lowest BCUT2D eigenvalue weighted by Crippen LogP contribution is -2.22. The Hall–Kier alpha value is -4.13. The van der Waals surface area contributed by atoms with Gasteiger partial charge in [0.05, 0.1) is 10.9 Å². The van der Waals surface area contributed by atoms with Gasteiger partial charge in [-0.1, -0.05) is 41.3 Å². The van der Waals surface area contributed by atoms with Crippen LogP contribution >= 0.6 is 0 Å². The summed E-state index contributed by atoms with van der Waals surface area (Å²) in [5.41, 5.74) is 5.39.